The molecule has 0 radical (unpaired) electrons. The smallest absolute Gasteiger partial charge is 0.371 e. The molecular formula is C19H17F3N4OS. The lowest BCUT2D eigenvalue weighted by Crippen LogP contribution is -2.34. The van der Waals surface area contributed by atoms with Gasteiger partial charge in [0.25, 0.3) is 5.91 Å². The highest BCUT2D eigenvalue weighted by molar-refractivity contribution is 7.18. The van der Waals surface area contributed by atoms with E-state index in [1.165, 1.54) is 23.6 Å². The number of primary amides is 1. The van der Waals surface area contributed by atoms with Crippen molar-refractivity contribution in [1.82, 2.24) is 9.97 Å². The summed E-state index contributed by atoms with van der Waals surface area (Å²) >= 11 is 1.45. The zero-order valence-corrected chi connectivity index (χ0v) is 15.6. The van der Waals surface area contributed by atoms with Crippen molar-refractivity contribution in [2.45, 2.75) is 24.9 Å². The van der Waals surface area contributed by atoms with Gasteiger partial charge in [0.2, 0.25) is 0 Å². The molecule has 0 unspecified atom stereocenters. The molecule has 3 heterocycles. The monoisotopic (exact) mass is 406 g/mol. The van der Waals surface area contributed by atoms with E-state index in [1.54, 1.807) is 12.3 Å². The fourth-order valence-corrected chi connectivity index (χ4v) is 4.63. The molecule has 1 aliphatic rings. The second kappa shape index (κ2) is 7.05. The number of amides is 1. The zero-order valence-electron chi connectivity index (χ0n) is 14.7. The zero-order chi connectivity index (χ0) is 19.9. The Morgan fingerprint density at radius 1 is 1.21 bits per heavy atom. The number of nitrogens with two attached hydrogens (primary N) is 1. The summed E-state index contributed by atoms with van der Waals surface area (Å²) in [4.78, 5) is 22.1. The first-order valence-corrected chi connectivity index (χ1v) is 9.61. The second-order valence-electron chi connectivity index (χ2n) is 6.75. The van der Waals surface area contributed by atoms with Crippen molar-refractivity contribution in [2.75, 3.05) is 18.0 Å². The number of aromatic nitrogens is 2. The number of benzene rings is 1. The number of rotatable bonds is 3. The molecule has 4 rings (SSSR count). The lowest BCUT2D eigenvalue weighted by atomic mass is 9.96. The molecule has 1 saturated heterocycles. The van der Waals surface area contributed by atoms with E-state index >= 15 is 0 Å². The van der Waals surface area contributed by atoms with Crippen LogP contribution in [0.4, 0.5) is 18.9 Å². The normalized spacial score (nSPS) is 15.9. The molecule has 0 bridgehead atoms. The maximum atomic E-state index is 12.9. The van der Waals surface area contributed by atoms with Crippen LogP contribution in [-0.4, -0.2) is 29.0 Å². The third-order valence-electron chi connectivity index (χ3n) is 4.98. The van der Waals surface area contributed by atoms with Gasteiger partial charge in [0.1, 0.15) is 0 Å². The van der Waals surface area contributed by atoms with Crippen LogP contribution in [0.5, 0.6) is 0 Å². The van der Waals surface area contributed by atoms with Crippen LogP contribution in [0.15, 0.2) is 36.7 Å². The molecule has 28 heavy (non-hydrogen) atoms. The van der Waals surface area contributed by atoms with Crippen molar-refractivity contribution in [3.05, 3.63) is 52.8 Å². The summed E-state index contributed by atoms with van der Waals surface area (Å²) in [6.07, 6.45) is 0.320. The predicted octanol–water partition coefficient (Wildman–Crippen LogP) is 4.19. The molecule has 0 atom stereocenters. The van der Waals surface area contributed by atoms with Crippen LogP contribution in [0.25, 0.3) is 10.2 Å². The van der Waals surface area contributed by atoms with E-state index < -0.39 is 17.6 Å². The minimum atomic E-state index is -4.37. The first-order valence-electron chi connectivity index (χ1n) is 8.79. The van der Waals surface area contributed by atoms with Crippen LogP contribution < -0.4 is 10.6 Å². The SMILES string of the molecule is NC(=O)c1cnccc1N1CCC(c2nc3cc(C(F)(F)F)ccc3s2)CC1. The maximum Gasteiger partial charge on any atom is 0.416 e. The second-order valence-corrected chi connectivity index (χ2v) is 7.81. The summed E-state index contributed by atoms with van der Waals surface area (Å²) < 4.78 is 39.5. The summed E-state index contributed by atoms with van der Waals surface area (Å²) in [7, 11) is 0. The van der Waals surface area contributed by atoms with Crippen molar-refractivity contribution in [3.63, 3.8) is 0 Å². The van der Waals surface area contributed by atoms with E-state index in [-0.39, 0.29) is 5.92 Å². The molecule has 3 aromatic rings. The molecule has 1 fully saturated rings. The number of halogens is 3. The maximum absolute atomic E-state index is 12.9. The Kier molecular flexibility index (Phi) is 4.70. The Labute approximate surface area is 163 Å². The van der Waals surface area contributed by atoms with E-state index in [0.29, 0.717) is 24.2 Å². The number of piperidine rings is 1. The van der Waals surface area contributed by atoms with Crippen LogP contribution in [0, 0.1) is 0 Å². The number of alkyl halides is 3. The van der Waals surface area contributed by atoms with Crippen LogP contribution in [0.3, 0.4) is 0 Å². The van der Waals surface area contributed by atoms with Gasteiger partial charge in [-0.2, -0.15) is 13.2 Å². The predicted molar refractivity (Wildman–Crippen MR) is 102 cm³/mol. The number of anilines is 1. The quantitative estimate of drug-likeness (QED) is 0.708. The highest BCUT2D eigenvalue weighted by Gasteiger charge is 2.31. The molecule has 0 spiro atoms. The number of hydrogen-bond acceptors (Lipinski definition) is 5. The van der Waals surface area contributed by atoms with E-state index in [9.17, 15) is 18.0 Å². The van der Waals surface area contributed by atoms with Gasteiger partial charge >= 0.3 is 6.18 Å². The summed E-state index contributed by atoms with van der Waals surface area (Å²) in [6.45, 7) is 1.41. The van der Waals surface area contributed by atoms with Crippen molar-refractivity contribution in [1.29, 1.82) is 0 Å². The van der Waals surface area contributed by atoms with Crippen molar-refractivity contribution >= 4 is 33.1 Å². The van der Waals surface area contributed by atoms with Crippen molar-refractivity contribution in [3.8, 4) is 0 Å². The molecule has 1 aliphatic heterocycles. The average molecular weight is 406 g/mol. The fourth-order valence-electron chi connectivity index (χ4n) is 3.52. The summed E-state index contributed by atoms with van der Waals surface area (Å²) in [5.74, 6) is -0.335. The third-order valence-corrected chi connectivity index (χ3v) is 6.18. The molecule has 2 aromatic heterocycles. The molecule has 5 nitrogen and oxygen atoms in total. The fraction of sp³-hybridized carbons (Fsp3) is 0.316. The van der Waals surface area contributed by atoms with Gasteiger partial charge in [0.15, 0.2) is 0 Å². The Bertz CT molecular complexity index is 1030. The first kappa shape index (κ1) is 18.7. The lowest BCUT2D eigenvalue weighted by Gasteiger charge is -2.33. The Balaban J connectivity index is 1.52. The van der Waals surface area contributed by atoms with Crippen LogP contribution in [0.1, 0.15) is 39.7 Å². The molecule has 1 amide bonds. The molecule has 0 saturated carbocycles. The van der Waals surface area contributed by atoms with Crippen LogP contribution in [0.2, 0.25) is 0 Å². The van der Waals surface area contributed by atoms with Gasteiger partial charge < -0.3 is 10.6 Å². The third kappa shape index (κ3) is 3.54. The Morgan fingerprint density at radius 3 is 2.64 bits per heavy atom. The molecule has 0 aliphatic carbocycles. The van der Waals surface area contributed by atoms with Crippen molar-refractivity contribution in [2.24, 2.45) is 5.73 Å². The lowest BCUT2D eigenvalue weighted by molar-refractivity contribution is -0.137. The van der Waals surface area contributed by atoms with E-state index in [4.69, 9.17) is 5.73 Å². The van der Waals surface area contributed by atoms with Gasteiger partial charge in [0, 0.05) is 31.4 Å². The number of carbonyl (C=O) groups is 1. The van der Waals surface area contributed by atoms with E-state index in [0.717, 1.165) is 40.4 Å². The number of nitrogens with zero attached hydrogens (tertiary/aromatic N) is 3. The minimum absolute atomic E-state index is 0.182. The standard InChI is InChI=1S/C19H17F3N4OS/c20-19(21,22)12-1-2-16-14(9-12)25-18(28-16)11-4-7-26(8-5-11)15-3-6-24-10-13(15)17(23)27/h1-3,6,9-11H,4-5,7-8H2,(H2,23,27). The molecule has 146 valence electrons. The number of pyridine rings is 1. The largest absolute Gasteiger partial charge is 0.416 e. The average Bonchev–Trinajstić information content (AvgIpc) is 3.11. The number of thiazole rings is 1. The summed E-state index contributed by atoms with van der Waals surface area (Å²) in [5.41, 5.74) is 6.30. The Hall–Kier alpha value is -2.68. The highest BCUT2D eigenvalue weighted by atomic mass is 32.1. The Morgan fingerprint density at radius 2 is 1.96 bits per heavy atom. The number of hydrogen-bond donors (Lipinski definition) is 1. The van der Waals surface area contributed by atoms with Crippen LogP contribution in [-0.2, 0) is 6.18 Å². The molecule has 2 N–H and O–H groups in total. The van der Waals surface area contributed by atoms with Gasteiger partial charge in [-0.1, -0.05) is 0 Å². The van der Waals surface area contributed by atoms with Gasteiger partial charge in [-0.15, -0.1) is 11.3 Å². The summed E-state index contributed by atoms with van der Waals surface area (Å²) in [5, 5.41) is 0.860. The number of fused-ring (bicyclic) bond motifs is 1. The molecular weight excluding hydrogens is 389 g/mol. The summed E-state index contributed by atoms with van der Waals surface area (Å²) in [6, 6.07) is 5.48. The van der Waals surface area contributed by atoms with Gasteiger partial charge in [-0.3, -0.25) is 9.78 Å². The van der Waals surface area contributed by atoms with E-state index in [2.05, 4.69) is 14.9 Å². The topological polar surface area (TPSA) is 72.1 Å². The van der Waals surface area contributed by atoms with Crippen LogP contribution >= 0.6 is 11.3 Å². The molecule has 1 aromatic carbocycles. The van der Waals surface area contributed by atoms with Crippen molar-refractivity contribution < 1.29 is 18.0 Å². The van der Waals surface area contributed by atoms with Gasteiger partial charge in [0.05, 0.1) is 32.0 Å². The van der Waals surface area contributed by atoms with Gasteiger partial charge in [-0.05, 0) is 37.1 Å². The van der Waals surface area contributed by atoms with Gasteiger partial charge in [-0.25, -0.2) is 4.98 Å². The van der Waals surface area contributed by atoms with E-state index in [1.807, 2.05) is 0 Å². The minimum Gasteiger partial charge on any atom is -0.371 e. The molecule has 9 heteroatoms. The highest BCUT2D eigenvalue weighted by Crippen LogP contribution is 2.37. The number of carbonyl (C=O) groups excluding carboxylic acids is 1. The first-order chi connectivity index (χ1) is 13.3.